The Labute approximate surface area is 178 Å². The minimum absolute atomic E-state index is 0.596. The molecule has 0 N–H and O–H groups in total. The number of hydrogen-bond donors (Lipinski definition) is 0. The van der Waals surface area contributed by atoms with Crippen molar-refractivity contribution in [3.8, 4) is 0 Å². The van der Waals surface area contributed by atoms with Crippen LogP contribution in [0.5, 0.6) is 0 Å². The molecule has 0 heterocycles. The standard InChI is InChI=1S/C26H28N2O2/c1-17-18(2)24(28-26(30-6)22-15-11-8-12-16-22)20(4)19(3)23(17)27-25(29-5)21-13-9-7-10-14-21/h7-16H,1-6H3/b27-25-,28-26-. The average Bonchev–Trinajstić information content (AvgIpc) is 2.79. The molecule has 154 valence electrons. The van der Waals surface area contributed by atoms with Gasteiger partial charge in [-0.3, -0.25) is 0 Å². The van der Waals surface area contributed by atoms with Gasteiger partial charge in [0.15, 0.2) is 0 Å². The molecule has 0 atom stereocenters. The first kappa shape index (κ1) is 21.3. The monoisotopic (exact) mass is 400 g/mol. The Hall–Kier alpha value is -3.40. The van der Waals surface area contributed by atoms with Crippen molar-refractivity contribution in [3.63, 3.8) is 0 Å². The van der Waals surface area contributed by atoms with Crippen LogP contribution in [0.4, 0.5) is 11.4 Å². The van der Waals surface area contributed by atoms with Crippen molar-refractivity contribution < 1.29 is 9.47 Å². The number of hydrogen-bond acceptors (Lipinski definition) is 4. The average molecular weight is 401 g/mol. The molecule has 3 rings (SSSR count). The molecule has 0 radical (unpaired) electrons. The first-order valence-electron chi connectivity index (χ1n) is 9.94. The van der Waals surface area contributed by atoms with Crippen LogP contribution < -0.4 is 0 Å². The lowest BCUT2D eigenvalue weighted by molar-refractivity contribution is 0.404. The third kappa shape index (κ3) is 4.28. The van der Waals surface area contributed by atoms with Gasteiger partial charge in [0.05, 0.1) is 25.6 Å². The molecule has 4 heteroatoms. The molecular formula is C26H28N2O2. The number of nitrogens with zero attached hydrogens (tertiary/aromatic N) is 2. The Morgan fingerprint density at radius 3 is 1.10 bits per heavy atom. The largest absolute Gasteiger partial charge is 0.481 e. The molecule has 0 spiro atoms. The molecule has 0 bridgehead atoms. The summed E-state index contributed by atoms with van der Waals surface area (Å²) in [6.07, 6.45) is 0. The van der Waals surface area contributed by atoms with Crippen molar-refractivity contribution >= 4 is 23.2 Å². The molecule has 4 nitrogen and oxygen atoms in total. The van der Waals surface area contributed by atoms with Gasteiger partial charge >= 0.3 is 0 Å². The smallest absolute Gasteiger partial charge is 0.221 e. The highest BCUT2D eigenvalue weighted by molar-refractivity contribution is 5.98. The lowest BCUT2D eigenvalue weighted by atomic mass is 9.96. The first-order chi connectivity index (χ1) is 14.5. The third-order valence-electron chi connectivity index (χ3n) is 5.40. The molecule has 0 saturated heterocycles. The van der Waals surface area contributed by atoms with Gasteiger partial charge in [0.25, 0.3) is 0 Å². The fraction of sp³-hybridized carbons (Fsp3) is 0.231. The summed E-state index contributed by atoms with van der Waals surface area (Å²) in [6.45, 7) is 8.31. The van der Waals surface area contributed by atoms with E-state index in [1.54, 1.807) is 14.2 Å². The zero-order chi connectivity index (χ0) is 21.7. The van der Waals surface area contributed by atoms with Gasteiger partial charge in [-0.25, -0.2) is 9.98 Å². The summed E-state index contributed by atoms with van der Waals surface area (Å²) in [4.78, 5) is 9.76. The summed E-state index contributed by atoms with van der Waals surface area (Å²) in [7, 11) is 3.30. The summed E-state index contributed by atoms with van der Waals surface area (Å²) in [6, 6.07) is 19.9. The number of ether oxygens (including phenoxy) is 2. The van der Waals surface area contributed by atoms with Crippen LogP contribution in [0, 0.1) is 27.7 Å². The molecule has 0 amide bonds. The highest BCUT2D eigenvalue weighted by Crippen LogP contribution is 2.38. The Bertz CT molecular complexity index is 968. The van der Waals surface area contributed by atoms with Gasteiger partial charge in [-0.15, -0.1) is 0 Å². The van der Waals surface area contributed by atoms with Gasteiger partial charge in [-0.05, 0) is 74.2 Å². The summed E-state index contributed by atoms with van der Waals surface area (Å²) in [5, 5.41) is 0. The van der Waals surface area contributed by atoms with Crippen molar-refractivity contribution in [2.75, 3.05) is 14.2 Å². The molecule has 0 aliphatic carbocycles. The van der Waals surface area contributed by atoms with E-state index >= 15 is 0 Å². The van der Waals surface area contributed by atoms with E-state index < -0.39 is 0 Å². The summed E-state index contributed by atoms with van der Waals surface area (Å²) in [5.74, 6) is 1.19. The van der Waals surface area contributed by atoms with Gasteiger partial charge in [-0.2, -0.15) is 0 Å². The van der Waals surface area contributed by atoms with Crippen LogP contribution in [-0.4, -0.2) is 26.0 Å². The van der Waals surface area contributed by atoms with Crippen molar-refractivity contribution in [1.29, 1.82) is 0 Å². The normalized spacial score (nSPS) is 12.1. The zero-order valence-corrected chi connectivity index (χ0v) is 18.5. The fourth-order valence-corrected chi connectivity index (χ4v) is 3.43. The second-order valence-electron chi connectivity index (χ2n) is 7.17. The highest BCUT2D eigenvalue weighted by atomic mass is 16.5. The van der Waals surface area contributed by atoms with Crippen molar-refractivity contribution in [2.24, 2.45) is 9.98 Å². The maximum Gasteiger partial charge on any atom is 0.221 e. The van der Waals surface area contributed by atoms with Crippen LogP contribution in [0.2, 0.25) is 0 Å². The lowest BCUT2D eigenvalue weighted by Gasteiger charge is -2.17. The van der Waals surface area contributed by atoms with Gasteiger partial charge < -0.3 is 9.47 Å². The van der Waals surface area contributed by atoms with E-state index in [4.69, 9.17) is 19.5 Å². The van der Waals surface area contributed by atoms with E-state index in [1.165, 1.54) is 0 Å². The molecule has 0 aliphatic rings. The summed E-state index contributed by atoms with van der Waals surface area (Å²) >= 11 is 0. The van der Waals surface area contributed by atoms with Crippen LogP contribution >= 0.6 is 0 Å². The van der Waals surface area contributed by atoms with Crippen molar-refractivity contribution in [2.45, 2.75) is 27.7 Å². The minimum Gasteiger partial charge on any atom is -0.481 e. The number of benzene rings is 3. The quantitative estimate of drug-likeness (QED) is 0.377. The zero-order valence-electron chi connectivity index (χ0n) is 18.5. The Morgan fingerprint density at radius 2 is 0.833 bits per heavy atom. The van der Waals surface area contributed by atoms with Crippen LogP contribution in [0.15, 0.2) is 70.6 Å². The Kier molecular flexibility index (Phi) is 6.68. The predicted octanol–water partition coefficient (Wildman–Crippen LogP) is 6.37. The van der Waals surface area contributed by atoms with Crippen LogP contribution in [-0.2, 0) is 9.47 Å². The molecule has 0 aliphatic heterocycles. The molecule has 30 heavy (non-hydrogen) atoms. The number of aliphatic imine (C=N–C) groups is 2. The highest BCUT2D eigenvalue weighted by Gasteiger charge is 2.17. The molecule has 3 aromatic carbocycles. The second-order valence-corrected chi connectivity index (χ2v) is 7.17. The molecule has 0 aromatic heterocycles. The van der Waals surface area contributed by atoms with E-state index in [0.29, 0.717) is 11.8 Å². The predicted molar refractivity (Wildman–Crippen MR) is 125 cm³/mol. The summed E-state index contributed by atoms with van der Waals surface area (Å²) in [5.41, 5.74) is 8.03. The molecule has 3 aromatic rings. The third-order valence-corrected chi connectivity index (χ3v) is 5.40. The van der Waals surface area contributed by atoms with Crippen molar-refractivity contribution in [1.82, 2.24) is 0 Å². The van der Waals surface area contributed by atoms with Gasteiger partial charge in [0.2, 0.25) is 11.8 Å². The van der Waals surface area contributed by atoms with E-state index in [1.807, 2.05) is 60.7 Å². The number of rotatable bonds is 4. The van der Waals surface area contributed by atoms with Gasteiger partial charge in [-0.1, -0.05) is 36.4 Å². The second kappa shape index (κ2) is 9.40. The molecule has 0 fully saturated rings. The molecular weight excluding hydrogens is 372 g/mol. The Morgan fingerprint density at radius 1 is 0.533 bits per heavy atom. The topological polar surface area (TPSA) is 43.2 Å². The van der Waals surface area contributed by atoms with Gasteiger partial charge in [0.1, 0.15) is 0 Å². The number of methoxy groups -OCH3 is 2. The van der Waals surface area contributed by atoms with Crippen LogP contribution in [0.25, 0.3) is 0 Å². The fourth-order valence-electron chi connectivity index (χ4n) is 3.43. The molecule has 0 unspecified atom stereocenters. The first-order valence-corrected chi connectivity index (χ1v) is 9.94. The maximum absolute atomic E-state index is 5.60. The summed E-state index contributed by atoms with van der Waals surface area (Å²) < 4.78 is 11.2. The maximum atomic E-state index is 5.60. The van der Waals surface area contributed by atoms with E-state index in [9.17, 15) is 0 Å². The minimum atomic E-state index is 0.596. The Balaban J connectivity index is 2.15. The SMILES string of the molecule is CO/C(=N\c1c(C)c(C)c(/N=C(\OC)c2ccccc2)c(C)c1C)c1ccccc1. The van der Waals surface area contributed by atoms with Crippen molar-refractivity contribution in [3.05, 3.63) is 94.0 Å². The van der Waals surface area contributed by atoms with Crippen LogP contribution in [0.3, 0.4) is 0 Å². The molecule has 0 saturated carbocycles. The van der Waals surface area contributed by atoms with Gasteiger partial charge in [0, 0.05) is 11.1 Å². The lowest BCUT2D eigenvalue weighted by Crippen LogP contribution is -2.05. The van der Waals surface area contributed by atoms with E-state index in [-0.39, 0.29) is 0 Å². The van der Waals surface area contributed by atoms with Crippen LogP contribution in [0.1, 0.15) is 33.4 Å². The van der Waals surface area contributed by atoms with E-state index in [2.05, 4.69) is 27.7 Å². The van der Waals surface area contributed by atoms with E-state index in [0.717, 1.165) is 44.8 Å².